The number of fused-ring (bicyclic) bond motifs is 1. The van der Waals surface area contributed by atoms with E-state index in [0.29, 0.717) is 33.1 Å². The zero-order valence-electron chi connectivity index (χ0n) is 18.6. The molecule has 0 saturated heterocycles. The molecule has 0 unspecified atom stereocenters. The lowest BCUT2D eigenvalue weighted by Crippen LogP contribution is -2.22. The molecule has 1 N–H and O–H groups in total. The smallest absolute Gasteiger partial charge is 0.253 e. The number of nitrogens with one attached hydrogen (secondary N) is 1. The van der Waals surface area contributed by atoms with Gasteiger partial charge >= 0.3 is 0 Å². The Morgan fingerprint density at radius 2 is 1.70 bits per heavy atom. The van der Waals surface area contributed by atoms with Crippen LogP contribution in [0.5, 0.6) is 11.5 Å². The second-order valence-corrected chi connectivity index (χ2v) is 10.6. The maximum atomic E-state index is 13.4. The third-order valence-electron chi connectivity index (χ3n) is 5.19. The predicted molar refractivity (Wildman–Crippen MR) is 128 cm³/mol. The number of carbonyl (C=O) groups excluding carboxylic acids is 1. The Morgan fingerprint density at radius 1 is 1.03 bits per heavy atom. The number of methoxy groups -OCH3 is 2. The molecule has 2 heterocycles. The van der Waals surface area contributed by atoms with Crippen molar-refractivity contribution in [1.29, 1.82) is 0 Å². The molecule has 0 aliphatic carbocycles. The number of sulfone groups is 1. The maximum absolute atomic E-state index is 13.4. The first-order valence-corrected chi connectivity index (χ1v) is 12.7. The molecule has 4 aromatic rings. The molecule has 0 bridgehead atoms. The van der Waals surface area contributed by atoms with Crippen molar-refractivity contribution in [2.24, 2.45) is 0 Å². The lowest BCUT2D eigenvalue weighted by atomic mass is 10.0. The fourth-order valence-corrected chi connectivity index (χ4v) is 5.39. The molecule has 2 aromatic carbocycles. The first-order valence-electron chi connectivity index (χ1n) is 10.0. The highest BCUT2D eigenvalue weighted by molar-refractivity contribution is 7.90. The van der Waals surface area contributed by atoms with Crippen LogP contribution in [0.4, 0.5) is 0 Å². The van der Waals surface area contributed by atoms with Gasteiger partial charge in [-0.15, -0.1) is 11.3 Å². The summed E-state index contributed by atoms with van der Waals surface area (Å²) in [7, 11) is -0.229. The van der Waals surface area contributed by atoms with Gasteiger partial charge in [0, 0.05) is 27.3 Å². The molecular formula is C24H23NO6S2. The van der Waals surface area contributed by atoms with Gasteiger partial charge in [0.2, 0.25) is 0 Å². The van der Waals surface area contributed by atoms with Crippen molar-refractivity contribution in [2.45, 2.75) is 18.4 Å². The van der Waals surface area contributed by atoms with E-state index in [1.807, 2.05) is 25.1 Å². The van der Waals surface area contributed by atoms with Gasteiger partial charge in [0.15, 0.2) is 21.3 Å². The highest BCUT2D eigenvalue weighted by Gasteiger charge is 2.23. The normalized spacial score (nSPS) is 11.5. The number of amides is 1. The average Bonchev–Trinajstić information content (AvgIpc) is 3.38. The molecule has 0 aliphatic rings. The van der Waals surface area contributed by atoms with Crippen molar-refractivity contribution >= 4 is 37.2 Å². The highest BCUT2D eigenvalue weighted by atomic mass is 32.2. The second-order valence-electron chi connectivity index (χ2n) is 7.50. The number of thiophene rings is 1. The minimum atomic E-state index is -3.33. The Kier molecular flexibility index (Phi) is 6.18. The van der Waals surface area contributed by atoms with Gasteiger partial charge in [0.1, 0.15) is 11.5 Å². The fourth-order valence-electron chi connectivity index (χ4n) is 3.54. The van der Waals surface area contributed by atoms with E-state index >= 15 is 0 Å². The van der Waals surface area contributed by atoms with Gasteiger partial charge in [0.25, 0.3) is 5.91 Å². The summed E-state index contributed by atoms with van der Waals surface area (Å²) in [6, 6.07) is 13.8. The zero-order valence-corrected chi connectivity index (χ0v) is 20.2. The molecule has 172 valence electrons. The summed E-state index contributed by atoms with van der Waals surface area (Å²) < 4.78 is 41.0. The van der Waals surface area contributed by atoms with Crippen molar-refractivity contribution < 1.29 is 27.1 Å². The number of hydrogen-bond donors (Lipinski definition) is 1. The first kappa shape index (κ1) is 22.9. The second kappa shape index (κ2) is 8.92. The number of ether oxygens (including phenoxy) is 2. The molecule has 0 spiro atoms. The monoisotopic (exact) mass is 485 g/mol. The van der Waals surface area contributed by atoms with Crippen LogP contribution in [0.2, 0.25) is 0 Å². The van der Waals surface area contributed by atoms with E-state index in [0.717, 1.165) is 22.3 Å². The molecule has 0 fully saturated rings. The Morgan fingerprint density at radius 3 is 2.27 bits per heavy atom. The number of rotatable bonds is 7. The highest BCUT2D eigenvalue weighted by Crippen LogP contribution is 2.43. The summed E-state index contributed by atoms with van der Waals surface area (Å²) in [5, 5.41) is 3.64. The van der Waals surface area contributed by atoms with Gasteiger partial charge in [-0.1, -0.05) is 12.1 Å². The van der Waals surface area contributed by atoms with Crippen LogP contribution < -0.4 is 14.8 Å². The number of hydrogen-bond acceptors (Lipinski definition) is 7. The lowest BCUT2D eigenvalue weighted by Gasteiger charge is -2.09. The topological polar surface area (TPSA) is 94.8 Å². The van der Waals surface area contributed by atoms with Crippen LogP contribution in [0, 0.1) is 6.92 Å². The van der Waals surface area contributed by atoms with Gasteiger partial charge in [-0.2, -0.15) is 0 Å². The number of furan rings is 1. The Balaban J connectivity index is 1.82. The minimum Gasteiger partial charge on any atom is -0.493 e. The Bertz CT molecular complexity index is 1430. The molecule has 0 aliphatic heterocycles. The van der Waals surface area contributed by atoms with Gasteiger partial charge in [-0.3, -0.25) is 4.79 Å². The molecule has 33 heavy (non-hydrogen) atoms. The van der Waals surface area contributed by atoms with Crippen LogP contribution in [-0.2, 0) is 16.4 Å². The zero-order chi connectivity index (χ0) is 23.8. The van der Waals surface area contributed by atoms with E-state index in [2.05, 4.69) is 5.32 Å². The van der Waals surface area contributed by atoms with E-state index in [4.69, 9.17) is 13.9 Å². The number of aryl methyl sites for hydroxylation is 1. The SMILES string of the molecule is COc1cc2sc(-c3ccc(S(C)(=O)=O)cc3)c(C(=O)NCc3ccc(C)o3)c2cc1OC. The van der Waals surface area contributed by atoms with Gasteiger partial charge in [0.05, 0.1) is 31.2 Å². The van der Waals surface area contributed by atoms with Crippen molar-refractivity contribution in [3.63, 3.8) is 0 Å². The standard InChI is InChI=1S/C24H23NO6S2/c1-14-5-8-16(31-14)13-25-24(26)22-18-11-19(29-2)20(30-3)12-21(18)32-23(22)15-6-9-17(10-7-15)33(4,27)28/h5-12H,13H2,1-4H3,(H,25,26). The Hall–Kier alpha value is -3.30. The van der Waals surface area contributed by atoms with Gasteiger partial charge in [-0.25, -0.2) is 8.42 Å². The molecule has 4 rings (SSSR count). The predicted octanol–water partition coefficient (Wildman–Crippen LogP) is 4.82. The summed E-state index contributed by atoms with van der Waals surface area (Å²) in [5.41, 5.74) is 1.21. The van der Waals surface area contributed by atoms with Crippen molar-refractivity contribution in [2.75, 3.05) is 20.5 Å². The molecule has 1 amide bonds. The van der Waals surface area contributed by atoms with Crippen LogP contribution >= 0.6 is 11.3 Å². The van der Waals surface area contributed by atoms with E-state index in [9.17, 15) is 13.2 Å². The van der Waals surface area contributed by atoms with Crippen LogP contribution in [0.3, 0.4) is 0 Å². The van der Waals surface area contributed by atoms with Crippen molar-refractivity contribution in [3.05, 3.63) is 65.6 Å². The maximum Gasteiger partial charge on any atom is 0.253 e. The van der Waals surface area contributed by atoms with Crippen LogP contribution in [0.15, 0.2) is 57.8 Å². The molecular weight excluding hydrogens is 462 g/mol. The third-order valence-corrected chi connectivity index (χ3v) is 7.52. The lowest BCUT2D eigenvalue weighted by molar-refractivity contribution is 0.0950. The molecule has 2 aromatic heterocycles. The van der Waals surface area contributed by atoms with Crippen LogP contribution in [0.25, 0.3) is 20.5 Å². The van der Waals surface area contributed by atoms with E-state index in [1.165, 1.54) is 11.3 Å². The summed E-state index contributed by atoms with van der Waals surface area (Å²) >= 11 is 1.42. The largest absolute Gasteiger partial charge is 0.493 e. The van der Waals surface area contributed by atoms with Crippen molar-refractivity contribution in [3.8, 4) is 21.9 Å². The summed E-state index contributed by atoms with van der Waals surface area (Å²) in [6.45, 7) is 2.08. The summed E-state index contributed by atoms with van der Waals surface area (Å²) in [4.78, 5) is 14.3. The number of carbonyl (C=O) groups is 1. The quantitative estimate of drug-likeness (QED) is 0.403. The molecule has 9 heteroatoms. The van der Waals surface area contributed by atoms with E-state index in [1.54, 1.807) is 44.6 Å². The van der Waals surface area contributed by atoms with Crippen LogP contribution in [0.1, 0.15) is 21.9 Å². The van der Waals surface area contributed by atoms with Gasteiger partial charge in [-0.05, 0) is 42.8 Å². The molecule has 7 nitrogen and oxygen atoms in total. The fraction of sp³-hybridized carbons (Fsp3) is 0.208. The number of benzene rings is 2. The third kappa shape index (κ3) is 4.60. The Labute approximate surface area is 195 Å². The summed E-state index contributed by atoms with van der Waals surface area (Å²) in [5.74, 6) is 2.22. The van der Waals surface area contributed by atoms with Crippen molar-refractivity contribution in [1.82, 2.24) is 5.32 Å². The molecule has 0 radical (unpaired) electrons. The molecule has 0 atom stereocenters. The van der Waals surface area contributed by atoms with Crippen LogP contribution in [-0.4, -0.2) is 34.8 Å². The average molecular weight is 486 g/mol. The van der Waals surface area contributed by atoms with E-state index in [-0.39, 0.29) is 17.3 Å². The van der Waals surface area contributed by atoms with E-state index < -0.39 is 9.84 Å². The first-order chi connectivity index (χ1) is 15.7. The molecule has 0 saturated carbocycles. The van der Waals surface area contributed by atoms with Gasteiger partial charge < -0.3 is 19.2 Å². The minimum absolute atomic E-state index is 0.217. The summed E-state index contributed by atoms with van der Waals surface area (Å²) in [6.07, 6.45) is 1.16.